The van der Waals surface area contributed by atoms with Gasteiger partial charge in [-0.3, -0.25) is 4.57 Å². The van der Waals surface area contributed by atoms with Gasteiger partial charge in [0.25, 0.3) is 0 Å². The van der Waals surface area contributed by atoms with Crippen LogP contribution >= 0.6 is 15.2 Å². The molecule has 1 saturated heterocycles. The number of hydrogen-bond donors (Lipinski definition) is 5. The molecule has 0 bridgehead atoms. The Kier molecular flexibility index (Phi) is 5.40. The van der Waals surface area contributed by atoms with Gasteiger partial charge in [0.2, 0.25) is 11.6 Å². The van der Waals surface area contributed by atoms with E-state index in [0.717, 1.165) is 0 Å². The predicted octanol–water partition coefficient (Wildman–Crippen LogP) is -7.49. The second-order valence-corrected chi connectivity index (χ2v) is 6.68. The number of piperazine rings is 1. The highest BCUT2D eigenvalue weighted by Crippen LogP contribution is 2.46. The van der Waals surface area contributed by atoms with E-state index in [2.05, 4.69) is 0 Å². The summed E-state index contributed by atoms with van der Waals surface area (Å²) < 4.78 is 21.7. The number of nitrogens with two attached hydrogens (primary N) is 2. The van der Waals surface area contributed by atoms with Gasteiger partial charge in [0.05, 0.1) is 0 Å². The maximum Gasteiger partial charge on any atom is 0.389 e. The molecule has 0 radical (unpaired) electrons. The Bertz CT molecular complexity index is 272. The van der Waals surface area contributed by atoms with E-state index in [9.17, 15) is 14.0 Å². The first-order valence-corrected chi connectivity index (χ1v) is 7.31. The van der Waals surface area contributed by atoms with E-state index in [1.165, 1.54) is 10.6 Å². The number of quaternary nitrogens is 2. The van der Waals surface area contributed by atoms with Crippen LogP contribution in [0.4, 0.5) is 0 Å². The molecule has 0 aliphatic carbocycles. The highest BCUT2D eigenvalue weighted by molar-refractivity contribution is 7.56. The van der Waals surface area contributed by atoms with Crippen molar-refractivity contribution in [2.24, 2.45) is 0 Å². The summed E-state index contributed by atoms with van der Waals surface area (Å²) in [6, 6.07) is 0. The van der Waals surface area contributed by atoms with Gasteiger partial charge < -0.3 is 47.2 Å². The lowest BCUT2D eigenvalue weighted by Gasteiger charge is -2.32. The number of halogens is 1. The van der Waals surface area contributed by atoms with Crippen molar-refractivity contribution in [3.8, 4) is 0 Å². The fourth-order valence-corrected chi connectivity index (χ4v) is 4.37. The summed E-state index contributed by atoms with van der Waals surface area (Å²) in [4.78, 5) is 37.3. The first-order chi connectivity index (χ1) is 6.23. The standard InChI is InChI=1S/C4H12N2O6P2.ClH/c7-13(8,9)3-4(14(10,11)12)6-2-1-5-3;/h3-6H,1-2H2,(H2,7,8,9)(H2,10,11,12);1H/t3-,4-;/m1./s1. The Balaban J connectivity index is 0.00000196. The van der Waals surface area contributed by atoms with Gasteiger partial charge in [0.15, 0.2) is 7.60 Å². The van der Waals surface area contributed by atoms with Crippen LogP contribution in [0.5, 0.6) is 0 Å². The molecule has 1 aliphatic heterocycles. The van der Waals surface area contributed by atoms with Crippen molar-refractivity contribution < 1.29 is 51.7 Å². The predicted molar refractivity (Wildman–Crippen MR) is 43.0 cm³/mol. The van der Waals surface area contributed by atoms with Crippen LogP contribution in [-0.2, 0) is 9.13 Å². The van der Waals surface area contributed by atoms with E-state index in [1.54, 1.807) is 0 Å². The molecule has 0 amide bonds. The minimum atomic E-state index is -4.72. The average molecular weight is 283 g/mol. The van der Waals surface area contributed by atoms with Crippen LogP contribution in [0.2, 0.25) is 0 Å². The van der Waals surface area contributed by atoms with Crippen LogP contribution in [0.1, 0.15) is 0 Å². The lowest BCUT2D eigenvalue weighted by atomic mass is 10.4. The molecular formula is C4H13ClN2O6P2. The SMILES string of the molecule is O=P([O-])(O)[C@H]1[NH2+]CC[NH2+][C@@H]1P(=O)(O)O.[Cl-]. The first-order valence-electron chi connectivity index (χ1n) is 3.98. The van der Waals surface area contributed by atoms with Crippen molar-refractivity contribution in [2.75, 3.05) is 13.1 Å². The molecule has 1 heterocycles. The van der Waals surface area contributed by atoms with Crippen LogP contribution in [0.3, 0.4) is 0 Å². The number of rotatable bonds is 2. The van der Waals surface area contributed by atoms with Crippen molar-refractivity contribution in [3.63, 3.8) is 0 Å². The molecule has 0 spiro atoms. The molecular weight excluding hydrogens is 269 g/mol. The summed E-state index contributed by atoms with van der Waals surface area (Å²) in [7, 11) is -9.24. The third-order valence-electron chi connectivity index (χ3n) is 2.10. The van der Waals surface area contributed by atoms with Crippen LogP contribution in [0, 0.1) is 0 Å². The molecule has 0 aromatic carbocycles. The van der Waals surface area contributed by atoms with E-state index < -0.39 is 26.8 Å². The monoisotopic (exact) mass is 282 g/mol. The Labute approximate surface area is 92.2 Å². The fraction of sp³-hybridized carbons (Fsp3) is 1.00. The van der Waals surface area contributed by atoms with Crippen molar-refractivity contribution >= 4 is 15.2 Å². The van der Waals surface area contributed by atoms with E-state index in [1.807, 2.05) is 0 Å². The third kappa shape index (κ3) is 4.11. The largest absolute Gasteiger partial charge is 1.00 e. The zero-order valence-electron chi connectivity index (χ0n) is 7.56. The fourth-order valence-electron chi connectivity index (χ4n) is 1.48. The highest BCUT2D eigenvalue weighted by Gasteiger charge is 2.49. The normalized spacial score (nSPS) is 31.5. The van der Waals surface area contributed by atoms with E-state index in [4.69, 9.17) is 14.7 Å². The summed E-state index contributed by atoms with van der Waals surface area (Å²) in [5.41, 5.74) is 0. The molecule has 11 heteroatoms. The molecule has 15 heavy (non-hydrogen) atoms. The molecule has 0 aromatic rings. The lowest BCUT2D eigenvalue weighted by Crippen LogP contribution is -3.11. The maximum atomic E-state index is 10.9. The van der Waals surface area contributed by atoms with Gasteiger partial charge in [-0.1, -0.05) is 0 Å². The Morgan fingerprint density at radius 2 is 1.47 bits per heavy atom. The Morgan fingerprint density at radius 1 is 1.07 bits per heavy atom. The summed E-state index contributed by atoms with van der Waals surface area (Å²) in [5.74, 6) is -2.87. The molecule has 92 valence electrons. The van der Waals surface area contributed by atoms with Crippen molar-refractivity contribution in [1.82, 2.24) is 0 Å². The molecule has 0 aromatic heterocycles. The molecule has 1 fully saturated rings. The highest BCUT2D eigenvalue weighted by atomic mass is 35.5. The Hall–Kier alpha value is 0.510. The Morgan fingerprint density at radius 3 is 1.73 bits per heavy atom. The van der Waals surface area contributed by atoms with Crippen molar-refractivity contribution in [1.29, 1.82) is 0 Å². The van der Waals surface area contributed by atoms with Crippen LogP contribution in [-0.4, -0.2) is 39.3 Å². The second kappa shape index (κ2) is 5.23. The van der Waals surface area contributed by atoms with Crippen LogP contribution in [0.15, 0.2) is 0 Å². The topological polar surface area (TPSA) is 151 Å². The van der Waals surface area contributed by atoms with Gasteiger partial charge in [0, 0.05) is 0 Å². The summed E-state index contributed by atoms with van der Waals surface area (Å²) >= 11 is 0. The zero-order chi connectivity index (χ0) is 11.0. The minimum absolute atomic E-state index is 0. The molecule has 1 aliphatic rings. The van der Waals surface area contributed by atoms with E-state index in [0.29, 0.717) is 13.1 Å². The number of hydrogen-bond acceptors (Lipinski definition) is 3. The quantitative estimate of drug-likeness (QED) is 0.317. The lowest BCUT2D eigenvalue weighted by molar-refractivity contribution is -0.811. The second-order valence-electron chi connectivity index (χ2n) is 3.18. The summed E-state index contributed by atoms with van der Waals surface area (Å²) in [6.45, 7) is 0.806. The van der Waals surface area contributed by atoms with Crippen LogP contribution < -0.4 is 27.9 Å². The average Bonchev–Trinajstić information content (AvgIpc) is 2.01. The van der Waals surface area contributed by atoms with Gasteiger partial charge in [-0.2, -0.15) is 0 Å². The molecule has 0 saturated carbocycles. The summed E-state index contributed by atoms with van der Waals surface area (Å²) in [6.07, 6.45) is 0. The molecule has 8 nitrogen and oxygen atoms in total. The minimum Gasteiger partial charge on any atom is -1.00 e. The van der Waals surface area contributed by atoms with Gasteiger partial charge in [-0.05, 0) is 0 Å². The van der Waals surface area contributed by atoms with Gasteiger partial charge in [-0.15, -0.1) is 0 Å². The van der Waals surface area contributed by atoms with E-state index in [-0.39, 0.29) is 12.4 Å². The molecule has 1 rings (SSSR count). The van der Waals surface area contributed by atoms with Crippen molar-refractivity contribution in [2.45, 2.75) is 11.6 Å². The summed E-state index contributed by atoms with van der Waals surface area (Å²) in [5, 5.41) is 2.49. The van der Waals surface area contributed by atoms with Gasteiger partial charge in [-0.25, -0.2) is 0 Å². The van der Waals surface area contributed by atoms with E-state index >= 15 is 0 Å². The third-order valence-corrected chi connectivity index (χ3v) is 4.93. The maximum absolute atomic E-state index is 10.9. The molecule has 1 unspecified atom stereocenters. The first kappa shape index (κ1) is 15.5. The molecule has 7 N–H and O–H groups in total. The zero-order valence-corrected chi connectivity index (χ0v) is 10.1. The van der Waals surface area contributed by atoms with Gasteiger partial charge >= 0.3 is 7.60 Å². The molecule has 3 atom stereocenters. The van der Waals surface area contributed by atoms with Crippen LogP contribution in [0.25, 0.3) is 0 Å². The smallest absolute Gasteiger partial charge is 0.389 e. The van der Waals surface area contributed by atoms with Gasteiger partial charge in [0.1, 0.15) is 13.1 Å². The van der Waals surface area contributed by atoms with Crippen molar-refractivity contribution in [3.05, 3.63) is 0 Å².